The summed E-state index contributed by atoms with van der Waals surface area (Å²) >= 11 is 0. The minimum atomic E-state index is -0.942. The quantitative estimate of drug-likeness (QED) is 0.448. The van der Waals surface area contributed by atoms with Crippen molar-refractivity contribution >= 4 is 11.9 Å². The van der Waals surface area contributed by atoms with Gasteiger partial charge in [0, 0.05) is 12.3 Å². The zero-order valence-electron chi connectivity index (χ0n) is 23.4. The average molecular weight is 517 g/mol. The maximum absolute atomic E-state index is 12.2. The molecule has 6 rings (SSSR count). The van der Waals surface area contributed by atoms with Crippen LogP contribution in [-0.2, 0) is 23.8 Å². The number of carboxylic acid groups (broad SMARTS) is 1. The van der Waals surface area contributed by atoms with Crippen LogP contribution in [0.3, 0.4) is 0 Å². The van der Waals surface area contributed by atoms with Gasteiger partial charge in [-0.25, -0.2) is 0 Å². The van der Waals surface area contributed by atoms with Gasteiger partial charge in [0.15, 0.2) is 5.79 Å². The molecular weight excluding hydrogens is 468 g/mol. The van der Waals surface area contributed by atoms with Crippen molar-refractivity contribution in [1.29, 1.82) is 0 Å². The highest BCUT2D eigenvalue weighted by atomic mass is 16.7. The van der Waals surface area contributed by atoms with E-state index < -0.39 is 5.97 Å². The highest BCUT2D eigenvalue weighted by Gasteiger charge is 2.69. The minimum absolute atomic E-state index is 0.0209. The van der Waals surface area contributed by atoms with E-state index in [9.17, 15) is 9.59 Å². The number of aliphatic carboxylic acids is 1. The largest absolute Gasteiger partial charge is 0.481 e. The maximum atomic E-state index is 12.2. The lowest BCUT2D eigenvalue weighted by atomic mass is 9.44. The van der Waals surface area contributed by atoms with Gasteiger partial charge < -0.3 is 19.3 Å². The van der Waals surface area contributed by atoms with Crippen molar-refractivity contribution < 1.29 is 28.9 Å². The molecule has 0 bridgehead atoms. The molecule has 208 valence electrons. The second-order valence-electron chi connectivity index (χ2n) is 14.5. The zero-order valence-corrected chi connectivity index (χ0v) is 23.4. The number of rotatable bonds is 4. The van der Waals surface area contributed by atoms with Crippen molar-refractivity contribution in [3.63, 3.8) is 0 Å². The van der Waals surface area contributed by atoms with Gasteiger partial charge in [0.25, 0.3) is 0 Å². The molecule has 0 radical (unpaired) electrons. The lowest BCUT2D eigenvalue weighted by molar-refractivity contribution is -0.273. The fourth-order valence-corrected chi connectivity index (χ4v) is 10.8. The molecule has 0 amide bonds. The summed E-state index contributed by atoms with van der Waals surface area (Å²) in [5.41, 5.74) is 0.670. The smallest absolute Gasteiger partial charge is 0.306 e. The van der Waals surface area contributed by atoms with Crippen molar-refractivity contribution in [2.75, 3.05) is 6.61 Å². The Hall–Kier alpha value is -1.14. The van der Waals surface area contributed by atoms with E-state index in [1.807, 2.05) is 0 Å². The Kier molecular flexibility index (Phi) is 6.50. The Bertz CT molecular complexity index is 909. The van der Waals surface area contributed by atoms with Crippen molar-refractivity contribution in [3.8, 4) is 0 Å². The van der Waals surface area contributed by atoms with Crippen molar-refractivity contribution in [1.82, 2.24) is 0 Å². The standard InChI is InChI=1S/C31H48O6/c1-18-9-14-31(35-17-18)19(2)28-25(37-31)16-24-22-6-5-20-15-21(36-27(34)8-7-26(32)33)10-12-29(20,3)23(22)11-13-30(24,28)4/h18-25,28H,5-17H2,1-4H3,(H,32,33)/t18-,19?,20?,21+,22?,23?,24?,25?,28?,29+,30+,31-/m1/s1. The maximum Gasteiger partial charge on any atom is 0.306 e. The Morgan fingerprint density at radius 2 is 1.70 bits per heavy atom. The second-order valence-corrected chi connectivity index (χ2v) is 14.5. The molecule has 0 aromatic carbocycles. The molecule has 4 aliphatic carbocycles. The number of carboxylic acids is 1. The summed E-state index contributed by atoms with van der Waals surface area (Å²) in [7, 11) is 0. The SMILES string of the molecule is CC1C2C(CC3C4CCC5C[C@@H](OC(=O)CCC(=O)O)CC[C@]5(C)C4CC[C@@]32C)O[C@]12CC[C@@H](C)CO2. The molecule has 7 unspecified atom stereocenters. The monoisotopic (exact) mass is 516 g/mol. The van der Waals surface area contributed by atoms with E-state index in [-0.39, 0.29) is 30.7 Å². The van der Waals surface area contributed by atoms with E-state index in [0.29, 0.717) is 40.6 Å². The molecular formula is C31H48O6. The van der Waals surface area contributed by atoms with Crippen LogP contribution in [0.4, 0.5) is 0 Å². The molecule has 12 atom stereocenters. The molecule has 1 N–H and O–H groups in total. The van der Waals surface area contributed by atoms with Crippen LogP contribution < -0.4 is 0 Å². The minimum Gasteiger partial charge on any atom is -0.481 e. The average Bonchev–Trinajstić information content (AvgIpc) is 3.30. The molecule has 2 saturated heterocycles. The number of hydrogen-bond donors (Lipinski definition) is 1. The van der Waals surface area contributed by atoms with E-state index in [0.717, 1.165) is 50.0 Å². The van der Waals surface area contributed by atoms with Gasteiger partial charge in [0.1, 0.15) is 6.10 Å². The van der Waals surface area contributed by atoms with Crippen LogP contribution in [-0.4, -0.2) is 41.6 Å². The van der Waals surface area contributed by atoms with E-state index in [2.05, 4.69) is 27.7 Å². The van der Waals surface area contributed by atoms with Crippen molar-refractivity contribution in [2.45, 2.75) is 123 Å². The van der Waals surface area contributed by atoms with Gasteiger partial charge in [0.2, 0.25) is 0 Å². The molecule has 6 aliphatic rings. The predicted octanol–water partition coefficient (Wildman–Crippen LogP) is 6.21. The van der Waals surface area contributed by atoms with Gasteiger partial charge in [-0.1, -0.05) is 27.7 Å². The van der Waals surface area contributed by atoms with Gasteiger partial charge in [-0.3, -0.25) is 9.59 Å². The number of ether oxygens (including phenoxy) is 3. The van der Waals surface area contributed by atoms with Crippen molar-refractivity contribution in [3.05, 3.63) is 0 Å². The Labute approximate surface area is 222 Å². The molecule has 1 spiro atoms. The summed E-state index contributed by atoms with van der Waals surface area (Å²) in [5, 5.41) is 8.87. The van der Waals surface area contributed by atoms with E-state index >= 15 is 0 Å². The van der Waals surface area contributed by atoms with Crippen molar-refractivity contribution in [2.24, 2.45) is 52.3 Å². The number of hydrogen-bond acceptors (Lipinski definition) is 5. The topological polar surface area (TPSA) is 82.1 Å². The summed E-state index contributed by atoms with van der Waals surface area (Å²) in [5.74, 6) is 2.96. The Balaban J connectivity index is 1.13. The Morgan fingerprint density at radius 1 is 0.919 bits per heavy atom. The lowest BCUT2D eigenvalue weighted by Crippen LogP contribution is -2.55. The third kappa shape index (κ3) is 4.10. The predicted molar refractivity (Wildman–Crippen MR) is 138 cm³/mol. The molecule has 37 heavy (non-hydrogen) atoms. The van der Waals surface area contributed by atoms with E-state index in [1.54, 1.807) is 0 Å². The highest BCUT2D eigenvalue weighted by Crippen LogP contribution is 2.71. The van der Waals surface area contributed by atoms with Crippen LogP contribution in [0.1, 0.15) is 105 Å². The molecule has 0 aromatic heterocycles. The first-order chi connectivity index (χ1) is 17.6. The summed E-state index contributed by atoms with van der Waals surface area (Å²) in [6, 6.07) is 0. The number of carbonyl (C=O) groups is 2. The van der Waals surface area contributed by atoms with Crippen LogP contribution in [0.2, 0.25) is 0 Å². The van der Waals surface area contributed by atoms with Gasteiger partial charge in [-0.15, -0.1) is 0 Å². The first-order valence-corrected chi connectivity index (χ1v) is 15.3. The zero-order chi connectivity index (χ0) is 26.2. The van der Waals surface area contributed by atoms with Crippen LogP contribution >= 0.6 is 0 Å². The lowest BCUT2D eigenvalue weighted by Gasteiger charge is -2.61. The van der Waals surface area contributed by atoms with E-state index in [4.69, 9.17) is 19.3 Å². The normalized spacial score (nSPS) is 52.6. The first-order valence-electron chi connectivity index (χ1n) is 15.3. The molecule has 4 saturated carbocycles. The van der Waals surface area contributed by atoms with Gasteiger partial charge in [-0.05, 0) is 104 Å². The summed E-state index contributed by atoms with van der Waals surface area (Å²) in [6.07, 6.45) is 11.7. The molecule has 6 fully saturated rings. The second kappa shape index (κ2) is 9.21. The molecule has 6 nitrogen and oxygen atoms in total. The summed E-state index contributed by atoms with van der Waals surface area (Å²) in [4.78, 5) is 23.0. The fourth-order valence-electron chi connectivity index (χ4n) is 10.8. The van der Waals surface area contributed by atoms with Gasteiger partial charge in [0.05, 0.1) is 25.6 Å². The molecule has 2 heterocycles. The van der Waals surface area contributed by atoms with E-state index in [1.165, 1.54) is 38.5 Å². The number of carbonyl (C=O) groups excluding carboxylic acids is 1. The number of fused-ring (bicyclic) bond motifs is 7. The van der Waals surface area contributed by atoms with Gasteiger partial charge in [-0.2, -0.15) is 0 Å². The first kappa shape index (κ1) is 26.1. The van der Waals surface area contributed by atoms with Crippen LogP contribution in [0.5, 0.6) is 0 Å². The highest BCUT2D eigenvalue weighted by molar-refractivity contribution is 5.76. The van der Waals surface area contributed by atoms with Crippen LogP contribution in [0.15, 0.2) is 0 Å². The fraction of sp³-hybridized carbons (Fsp3) is 0.935. The molecule has 2 aliphatic heterocycles. The third-order valence-corrected chi connectivity index (χ3v) is 12.7. The Morgan fingerprint density at radius 3 is 2.43 bits per heavy atom. The summed E-state index contributed by atoms with van der Waals surface area (Å²) < 4.78 is 19.2. The van der Waals surface area contributed by atoms with Crippen LogP contribution in [0, 0.1) is 52.3 Å². The molecule has 0 aromatic rings. The molecule has 6 heteroatoms. The van der Waals surface area contributed by atoms with Gasteiger partial charge >= 0.3 is 11.9 Å². The number of esters is 1. The summed E-state index contributed by atoms with van der Waals surface area (Å²) in [6.45, 7) is 10.7. The third-order valence-electron chi connectivity index (χ3n) is 12.7. The van der Waals surface area contributed by atoms with Crippen LogP contribution in [0.25, 0.3) is 0 Å².